The Morgan fingerprint density at radius 1 is 1.16 bits per heavy atom. The zero-order chi connectivity index (χ0) is 18.0. The van der Waals surface area contributed by atoms with Crippen molar-refractivity contribution in [3.8, 4) is 0 Å². The van der Waals surface area contributed by atoms with Crippen LogP contribution in [-0.2, 0) is 16.0 Å². The number of aryl methyl sites for hydroxylation is 1. The quantitative estimate of drug-likeness (QED) is 0.845. The van der Waals surface area contributed by atoms with Crippen molar-refractivity contribution in [2.45, 2.75) is 26.3 Å². The summed E-state index contributed by atoms with van der Waals surface area (Å²) in [6.07, 6.45) is 0.318. The van der Waals surface area contributed by atoms with E-state index < -0.39 is 6.04 Å². The molecule has 130 valence electrons. The number of carbonyl (C=O) groups is 2. The summed E-state index contributed by atoms with van der Waals surface area (Å²) in [6, 6.07) is 14.6. The molecule has 1 heterocycles. The number of benzene rings is 2. The number of nitrogens with zero attached hydrogens (tertiary/aromatic N) is 2. The number of anilines is 1. The lowest BCUT2D eigenvalue weighted by atomic mass is 10.1. The molecule has 2 amide bonds. The minimum Gasteiger partial charge on any atom is -0.329 e. The van der Waals surface area contributed by atoms with Gasteiger partial charge in [-0.2, -0.15) is 0 Å². The van der Waals surface area contributed by atoms with Gasteiger partial charge in [-0.15, -0.1) is 0 Å². The van der Waals surface area contributed by atoms with Crippen molar-refractivity contribution >= 4 is 29.1 Å². The Bertz CT molecular complexity index is 792. The molecule has 1 saturated heterocycles. The second kappa shape index (κ2) is 7.28. The van der Waals surface area contributed by atoms with Crippen molar-refractivity contribution in [2.75, 3.05) is 18.0 Å². The SMILES string of the molecule is Cc1cc(Cl)ccc1N1CCN(C(=O)Cc2ccccc2)C(C)C1=O. The molecule has 0 aliphatic carbocycles. The molecule has 2 aromatic rings. The molecule has 25 heavy (non-hydrogen) atoms. The minimum atomic E-state index is -0.472. The molecule has 3 rings (SSSR count). The number of amides is 2. The number of rotatable bonds is 3. The first kappa shape index (κ1) is 17.5. The highest BCUT2D eigenvalue weighted by atomic mass is 35.5. The number of piperazine rings is 1. The van der Waals surface area contributed by atoms with Crippen LogP contribution in [0.25, 0.3) is 0 Å². The van der Waals surface area contributed by atoms with E-state index in [2.05, 4.69) is 0 Å². The Hall–Kier alpha value is -2.33. The van der Waals surface area contributed by atoms with Gasteiger partial charge in [0.25, 0.3) is 0 Å². The third-order valence-electron chi connectivity index (χ3n) is 4.62. The topological polar surface area (TPSA) is 40.6 Å². The molecule has 1 atom stereocenters. The molecule has 0 saturated carbocycles. The van der Waals surface area contributed by atoms with Gasteiger partial charge in [0.2, 0.25) is 11.8 Å². The first-order valence-electron chi connectivity index (χ1n) is 8.38. The van der Waals surface area contributed by atoms with Gasteiger partial charge in [0.15, 0.2) is 0 Å². The number of hydrogen-bond acceptors (Lipinski definition) is 2. The van der Waals surface area contributed by atoms with Crippen LogP contribution in [0.15, 0.2) is 48.5 Å². The Labute approximate surface area is 153 Å². The Morgan fingerprint density at radius 3 is 2.56 bits per heavy atom. The van der Waals surface area contributed by atoms with E-state index in [1.54, 1.807) is 22.8 Å². The molecule has 0 bridgehead atoms. The van der Waals surface area contributed by atoms with Crippen LogP contribution in [0.5, 0.6) is 0 Å². The molecule has 1 fully saturated rings. The molecule has 0 aromatic heterocycles. The minimum absolute atomic E-state index is 0.0143. The molecule has 1 aliphatic rings. The van der Waals surface area contributed by atoms with Crippen LogP contribution in [0.4, 0.5) is 5.69 Å². The highest BCUT2D eigenvalue weighted by Gasteiger charge is 2.35. The van der Waals surface area contributed by atoms with Crippen molar-refractivity contribution < 1.29 is 9.59 Å². The smallest absolute Gasteiger partial charge is 0.249 e. The van der Waals surface area contributed by atoms with Gasteiger partial charge in [0.1, 0.15) is 6.04 Å². The average molecular weight is 357 g/mol. The first-order chi connectivity index (χ1) is 12.0. The molecular weight excluding hydrogens is 336 g/mol. The third kappa shape index (κ3) is 3.69. The summed E-state index contributed by atoms with van der Waals surface area (Å²) in [6.45, 7) is 4.75. The standard InChI is InChI=1S/C20H21ClN2O2/c1-14-12-17(21)8-9-18(14)23-11-10-22(15(2)20(23)25)19(24)13-16-6-4-3-5-7-16/h3-9,12,15H,10-11,13H2,1-2H3. The van der Waals surface area contributed by atoms with E-state index in [1.807, 2.05) is 49.4 Å². The lowest BCUT2D eigenvalue weighted by Crippen LogP contribution is -2.58. The lowest BCUT2D eigenvalue weighted by Gasteiger charge is -2.39. The lowest BCUT2D eigenvalue weighted by molar-refractivity contribution is -0.140. The van der Waals surface area contributed by atoms with Crippen LogP contribution in [0, 0.1) is 6.92 Å². The van der Waals surface area contributed by atoms with Gasteiger partial charge < -0.3 is 9.80 Å². The highest BCUT2D eigenvalue weighted by molar-refractivity contribution is 6.30. The average Bonchev–Trinajstić information content (AvgIpc) is 2.59. The monoisotopic (exact) mass is 356 g/mol. The summed E-state index contributed by atoms with van der Waals surface area (Å²) in [5, 5.41) is 0.651. The van der Waals surface area contributed by atoms with E-state index >= 15 is 0 Å². The molecule has 0 N–H and O–H groups in total. The van der Waals surface area contributed by atoms with Crippen molar-refractivity contribution in [1.82, 2.24) is 4.90 Å². The van der Waals surface area contributed by atoms with Gasteiger partial charge in [0.05, 0.1) is 6.42 Å². The summed E-state index contributed by atoms with van der Waals surface area (Å²) < 4.78 is 0. The Balaban J connectivity index is 1.74. The van der Waals surface area contributed by atoms with Gasteiger partial charge >= 0.3 is 0 Å². The van der Waals surface area contributed by atoms with Crippen LogP contribution >= 0.6 is 11.6 Å². The van der Waals surface area contributed by atoms with E-state index in [1.165, 1.54) is 0 Å². The van der Waals surface area contributed by atoms with Gasteiger partial charge in [-0.05, 0) is 43.2 Å². The molecule has 0 radical (unpaired) electrons. The fraction of sp³-hybridized carbons (Fsp3) is 0.300. The predicted molar refractivity (Wildman–Crippen MR) is 99.9 cm³/mol. The molecule has 0 spiro atoms. The largest absolute Gasteiger partial charge is 0.329 e. The van der Waals surface area contributed by atoms with Crippen molar-refractivity contribution in [3.05, 3.63) is 64.7 Å². The fourth-order valence-electron chi connectivity index (χ4n) is 3.24. The predicted octanol–water partition coefficient (Wildman–Crippen LogP) is 3.45. The number of halogens is 1. The summed E-state index contributed by atoms with van der Waals surface area (Å²) >= 11 is 6.01. The Kier molecular flexibility index (Phi) is 5.09. The van der Waals surface area contributed by atoms with E-state index in [0.29, 0.717) is 24.5 Å². The van der Waals surface area contributed by atoms with E-state index in [-0.39, 0.29) is 11.8 Å². The molecule has 1 unspecified atom stereocenters. The van der Waals surface area contributed by atoms with Crippen LogP contribution in [0.1, 0.15) is 18.1 Å². The summed E-state index contributed by atoms with van der Waals surface area (Å²) in [4.78, 5) is 28.9. The zero-order valence-corrected chi connectivity index (χ0v) is 15.2. The van der Waals surface area contributed by atoms with Crippen LogP contribution in [0.2, 0.25) is 5.02 Å². The highest BCUT2D eigenvalue weighted by Crippen LogP contribution is 2.26. The van der Waals surface area contributed by atoms with Crippen LogP contribution in [0.3, 0.4) is 0 Å². The summed E-state index contributed by atoms with van der Waals surface area (Å²) in [7, 11) is 0. The molecule has 5 heteroatoms. The van der Waals surface area contributed by atoms with Crippen molar-refractivity contribution in [2.24, 2.45) is 0 Å². The molecule has 2 aromatic carbocycles. The molecular formula is C20H21ClN2O2. The van der Waals surface area contributed by atoms with Crippen molar-refractivity contribution in [1.29, 1.82) is 0 Å². The second-order valence-corrected chi connectivity index (χ2v) is 6.78. The maximum atomic E-state index is 12.8. The van der Waals surface area contributed by atoms with E-state index in [4.69, 9.17) is 11.6 Å². The van der Waals surface area contributed by atoms with Gasteiger partial charge in [0, 0.05) is 23.8 Å². The van der Waals surface area contributed by atoms with Gasteiger partial charge in [-0.3, -0.25) is 9.59 Å². The summed E-state index contributed by atoms with van der Waals surface area (Å²) in [5.74, 6) is -0.0717. The Morgan fingerprint density at radius 2 is 1.88 bits per heavy atom. The fourth-order valence-corrected chi connectivity index (χ4v) is 3.47. The number of carbonyl (C=O) groups excluding carboxylic acids is 2. The van der Waals surface area contributed by atoms with Crippen LogP contribution in [-0.4, -0.2) is 35.8 Å². The summed E-state index contributed by atoms with van der Waals surface area (Å²) in [5.41, 5.74) is 2.77. The normalized spacial score (nSPS) is 17.7. The van der Waals surface area contributed by atoms with E-state index in [0.717, 1.165) is 16.8 Å². The van der Waals surface area contributed by atoms with E-state index in [9.17, 15) is 9.59 Å². The molecule has 1 aliphatic heterocycles. The van der Waals surface area contributed by atoms with Gasteiger partial charge in [-0.25, -0.2) is 0 Å². The van der Waals surface area contributed by atoms with Gasteiger partial charge in [-0.1, -0.05) is 41.9 Å². The third-order valence-corrected chi connectivity index (χ3v) is 4.86. The first-order valence-corrected chi connectivity index (χ1v) is 8.76. The van der Waals surface area contributed by atoms with Crippen molar-refractivity contribution in [3.63, 3.8) is 0 Å². The zero-order valence-electron chi connectivity index (χ0n) is 14.4. The second-order valence-electron chi connectivity index (χ2n) is 6.35. The maximum absolute atomic E-state index is 12.8. The molecule has 4 nitrogen and oxygen atoms in total. The maximum Gasteiger partial charge on any atom is 0.249 e. The van der Waals surface area contributed by atoms with Crippen LogP contribution < -0.4 is 4.90 Å². The number of hydrogen-bond donors (Lipinski definition) is 0.